The quantitative estimate of drug-likeness (QED) is 0.765. The first-order valence-electron chi connectivity index (χ1n) is 6.39. The van der Waals surface area contributed by atoms with Gasteiger partial charge in [-0.15, -0.1) is 0 Å². The maximum atomic E-state index is 3.55. The van der Waals surface area contributed by atoms with Crippen LogP contribution in [0, 0.1) is 0 Å². The van der Waals surface area contributed by atoms with E-state index in [2.05, 4.69) is 34.4 Å². The number of H-pyrrole nitrogens is 1. The van der Waals surface area contributed by atoms with Crippen molar-refractivity contribution in [1.82, 2.24) is 15.2 Å². The summed E-state index contributed by atoms with van der Waals surface area (Å²) in [6.45, 7) is 3.57. The fraction of sp³-hybridized carbons (Fsp3) is 0.692. The average Bonchev–Trinajstić information content (AvgIpc) is 2.96. The van der Waals surface area contributed by atoms with Crippen LogP contribution in [-0.4, -0.2) is 42.6 Å². The normalized spacial score (nSPS) is 20.8. The molecule has 1 atom stereocenters. The van der Waals surface area contributed by atoms with Crippen LogP contribution in [0.5, 0.6) is 0 Å². The van der Waals surface area contributed by atoms with Gasteiger partial charge in [-0.2, -0.15) is 0 Å². The van der Waals surface area contributed by atoms with Crippen molar-refractivity contribution in [3.05, 3.63) is 24.0 Å². The summed E-state index contributed by atoms with van der Waals surface area (Å²) in [5, 5.41) is 3.55. The zero-order valence-electron chi connectivity index (χ0n) is 10.2. The van der Waals surface area contributed by atoms with Gasteiger partial charge in [0.05, 0.1) is 0 Å². The highest BCUT2D eigenvalue weighted by molar-refractivity contribution is 5.03. The Morgan fingerprint density at radius 2 is 2.38 bits per heavy atom. The predicted molar refractivity (Wildman–Crippen MR) is 67.6 cm³/mol. The Morgan fingerprint density at radius 1 is 1.44 bits per heavy atom. The first-order chi connectivity index (χ1) is 7.84. The third kappa shape index (κ3) is 3.65. The molecule has 1 aliphatic heterocycles. The van der Waals surface area contributed by atoms with Crippen molar-refractivity contribution in [3.63, 3.8) is 0 Å². The molecule has 0 aromatic carbocycles. The number of aromatic amines is 1. The summed E-state index contributed by atoms with van der Waals surface area (Å²) in [6, 6.07) is 5.00. The van der Waals surface area contributed by atoms with Crippen molar-refractivity contribution in [3.8, 4) is 0 Å². The highest BCUT2D eigenvalue weighted by Crippen LogP contribution is 2.09. The van der Waals surface area contributed by atoms with Crippen LogP contribution in [0.1, 0.15) is 25.0 Å². The van der Waals surface area contributed by atoms with Crippen molar-refractivity contribution in [1.29, 1.82) is 0 Å². The van der Waals surface area contributed by atoms with Gasteiger partial charge in [-0.05, 0) is 51.5 Å². The second kappa shape index (κ2) is 6.06. The molecule has 2 heterocycles. The molecule has 2 rings (SSSR count). The molecule has 0 bridgehead atoms. The van der Waals surface area contributed by atoms with E-state index in [1.54, 1.807) is 0 Å². The van der Waals surface area contributed by atoms with Crippen LogP contribution < -0.4 is 5.32 Å². The maximum Gasteiger partial charge on any atom is 0.0159 e. The average molecular weight is 221 g/mol. The summed E-state index contributed by atoms with van der Waals surface area (Å²) in [5.41, 5.74) is 1.34. The molecule has 16 heavy (non-hydrogen) atoms. The monoisotopic (exact) mass is 221 g/mol. The molecule has 3 heteroatoms. The fourth-order valence-corrected chi connectivity index (χ4v) is 2.33. The summed E-state index contributed by atoms with van der Waals surface area (Å²) in [5.74, 6) is 0. The molecule has 90 valence electrons. The lowest BCUT2D eigenvalue weighted by Crippen LogP contribution is -2.29. The third-order valence-corrected chi connectivity index (χ3v) is 3.45. The Labute approximate surface area is 98.2 Å². The molecule has 0 aliphatic carbocycles. The van der Waals surface area contributed by atoms with E-state index >= 15 is 0 Å². The third-order valence-electron chi connectivity index (χ3n) is 3.45. The Balaban J connectivity index is 1.58. The van der Waals surface area contributed by atoms with Crippen LogP contribution in [0.25, 0.3) is 0 Å². The molecule has 0 amide bonds. The summed E-state index contributed by atoms with van der Waals surface area (Å²) < 4.78 is 0. The molecule has 1 fully saturated rings. The highest BCUT2D eigenvalue weighted by Gasteiger charge is 2.13. The highest BCUT2D eigenvalue weighted by atomic mass is 15.1. The van der Waals surface area contributed by atoms with E-state index in [-0.39, 0.29) is 0 Å². The predicted octanol–water partition coefficient (Wildman–Crippen LogP) is 1.63. The molecule has 0 spiro atoms. The fourth-order valence-electron chi connectivity index (χ4n) is 2.33. The molecule has 1 saturated heterocycles. The molecule has 1 aliphatic rings. The van der Waals surface area contributed by atoms with Gasteiger partial charge in [0.2, 0.25) is 0 Å². The van der Waals surface area contributed by atoms with E-state index < -0.39 is 0 Å². The van der Waals surface area contributed by atoms with Gasteiger partial charge in [0, 0.05) is 30.9 Å². The Hall–Kier alpha value is -0.800. The summed E-state index contributed by atoms with van der Waals surface area (Å²) >= 11 is 0. The van der Waals surface area contributed by atoms with Crippen molar-refractivity contribution in [2.75, 3.05) is 26.7 Å². The van der Waals surface area contributed by atoms with Crippen LogP contribution in [-0.2, 0) is 6.42 Å². The topological polar surface area (TPSA) is 31.1 Å². The van der Waals surface area contributed by atoms with Gasteiger partial charge in [0.1, 0.15) is 0 Å². The van der Waals surface area contributed by atoms with Gasteiger partial charge in [-0.3, -0.25) is 0 Å². The number of nitrogens with zero attached hydrogens (tertiary/aromatic N) is 1. The Bertz CT molecular complexity index is 275. The lowest BCUT2D eigenvalue weighted by molar-refractivity contribution is 0.315. The molecule has 1 unspecified atom stereocenters. The molecule has 3 nitrogen and oxygen atoms in total. The van der Waals surface area contributed by atoms with Gasteiger partial charge < -0.3 is 15.2 Å². The molecule has 0 saturated carbocycles. The van der Waals surface area contributed by atoms with Crippen LogP contribution in [0.3, 0.4) is 0 Å². The standard InChI is InChI=1S/C13H23N3/c1-16(10-6-12-4-2-8-14-12)11-7-13-5-3-9-15-13/h2,4,8,13-15H,3,5-7,9-11H2,1H3. The number of aromatic nitrogens is 1. The van der Waals surface area contributed by atoms with Crippen molar-refractivity contribution < 1.29 is 0 Å². The second-order valence-corrected chi connectivity index (χ2v) is 4.83. The van der Waals surface area contributed by atoms with E-state index in [0.29, 0.717) is 0 Å². The van der Waals surface area contributed by atoms with E-state index in [4.69, 9.17) is 0 Å². The number of nitrogens with one attached hydrogen (secondary N) is 2. The van der Waals surface area contributed by atoms with E-state index in [1.807, 2.05) is 6.20 Å². The first-order valence-corrected chi connectivity index (χ1v) is 6.39. The lowest BCUT2D eigenvalue weighted by Gasteiger charge is -2.18. The summed E-state index contributed by atoms with van der Waals surface area (Å²) in [6.07, 6.45) is 7.14. The lowest BCUT2D eigenvalue weighted by atomic mass is 10.1. The zero-order valence-corrected chi connectivity index (χ0v) is 10.2. The van der Waals surface area contributed by atoms with Gasteiger partial charge in [0.25, 0.3) is 0 Å². The molecular formula is C13H23N3. The second-order valence-electron chi connectivity index (χ2n) is 4.83. The van der Waals surface area contributed by atoms with Gasteiger partial charge in [-0.25, -0.2) is 0 Å². The van der Waals surface area contributed by atoms with Crippen LogP contribution >= 0.6 is 0 Å². The first kappa shape index (κ1) is 11.7. The number of hydrogen-bond donors (Lipinski definition) is 2. The molecule has 1 aromatic heterocycles. The van der Waals surface area contributed by atoms with Gasteiger partial charge in [0.15, 0.2) is 0 Å². The van der Waals surface area contributed by atoms with Crippen LogP contribution in [0.15, 0.2) is 18.3 Å². The van der Waals surface area contributed by atoms with Crippen molar-refractivity contribution in [2.45, 2.75) is 31.7 Å². The van der Waals surface area contributed by atoms with E-state index in [0.717, 1.165) is 19.0 Å². The minimum absolute atomic E-state index is 0.771. The summed E-state index contributed by atoms with van der Waals surface area (Å²) in [7, 11) is 2.22. The molecule has 2 N–H and O–H groups in total. The zero-order chi connectivity index (χ0) is 11.2. The molecule has 1 aromatic rings. The SMILES string of the molecule is CN(CCc1ccc[nH]1)CCC1CCCN1. The van der Waals surface area contributed by atoms with Gasteiger partial charge >= 0.3 is 0 Å². The minimum Gasteiger partial charge on any atom is -0.365 e. The maximum absolute atomic E-state index is 3.55. The summed E-state index contributed by atoms with van der Waals surface area (Å²) in [4.78, 5) is 5.68. The largest absolute Gasteiger partial charge is 0.365 e. The van der Waals surface area contributed by atoms with Crippen molar-refractivity contribution >= 4 is 0 Å². The van der Waals surface area contributed by atoms with Crippen LogP contribution in [0.2, 0.25) is 0 Å². The van der Waals surface area contributed by atoms with E-state index in [1.165, 1.54) is 38.0 Å². The van der Waals surface area contributed by atoms with Crippen molar-refractivity contribution in [2.24, 2.45) is 0 Å². The smallest absolute Gasteiger partial charge is 0.0159 e. The number of hydrogen-bond acceptors (Lipinski definition) is 2. The number of rotatable bonds is 6. The Morgan fingerprint density at radius 3 is 3.06 bits per heavy atom. The van der Waals surface area contributed by atoms with E-state index in [9.17, 15) is 0 Å². The molecule has 0 radical (unpaired) electrons. The Kier molecular flexibility index (Phi) is 4.43. The van der Waals surface area contributed by atoms with Gasteiger partial charge in [-0.1, -0.05) is 0 Å². The minimum atomic E-state index is 0.771. The van der Waals surface area contributed by atoms with Crippen LogP contribution in [0.4, 0.5) is 0 Å². The molecular weight excluding hydrogens is 198 g/mol. The number of likely N-dealkylation sites (N-methyl/N-ethyl adjacent to an activating group) is 1.